The molecule has 0 radical (unpaired) electrons. The number of hydrogen-bond donors (Lipinski definition) is 0. The number of imidazole rings is 2. The average Bonchev–Trinajstić information content (AvgIpc) is 2.94. The molecule has 0 unspecified atom stereocenters. The number of aromatic nitrogens is 5. The lowest BCUT2D eigenvalue weighted by Gasteiger charge is -2.08. The Bertz CT molecular complexity index is 984. The van der Waals surface area contributed by atoms with Gasteiger partial charge in [0, 0.05) is 32.0 Å². The van der Waals surface area contributed by atoms with Crippen LogP contribution in [0.25, 0.3) is 16.9 Å². The van der Waals surface area contributed by atoms with E-state index < -0.39 is 0 Å². The summed E-state index contributed by atoms with van der Waals surface area (Å²) in [6.07, 6.45) is 1.92. The molecular weight excluding hydrogens is 282 g/mol. The zero-order valence-electron chi connectivity index (χ0n) is 13.6. The van der Waals surface area contributed by atoms with Crippen LogP contribution in [-0.2, 0) is 20.1 Å². The van der Waals surface area contributed by atoms with Gasteiger partial charge in [-0.05, 0) is 19.8 Å². The zero-order valence-corrected chi connectivity index (χ0v) is 13.6. The summed E-state index contributed by atoms with van der Waals surface area (Å²) < 4.78 is 6.58. The summed E-state index contributed by atoms with van der Waals surface area (Å²) in [5, 5.41) is 0. The Morgan fingerprint density at radius 2 is 1.91 bits per heavy atom. The molecule has 0 fully saturated rings. The minimum absolute atomic E-state index is 0.283. The van der Waals surface area contributed by atoms with Crippen molar-refractivity contribution in [3.05, 3.63) is 32.7 Å². The molecule has 0 aliphatic heterocycles. The smallest absolute Gasteiger partial charge is 0.314 e. The van der Waals surface area contributed by atoms with E-state index in [1.165, 1.54) is 9.13 Å². The first kappa shape index (κ1) is 14.6. The van der Waals surface area contributed by atoms with Crippen molar-refractivity contribution in [2.24, 2.45) is 13.0 Å². The SMILES string of the molecule is CCn1c(=O)c2c(nc3n(CC(C)C)c(C)cn23)n(C)c1=O. The van der Waals surface area contributed by atoms with E-state index in [1.807, 2.05) is 13.1 Å². The maximum atomic E-state index is 12.6. The molecule has 0 spiro atoms. The van der Waals surface area contributed by atoms with Gasteiger partial charge in [0.15, 0.2) is 11.2 Å². The second-order valence-corrected chi connectivity index (χ2v) is 6.12. The Morgan fingerprint density at radius 1 is 1.23 bits per heavy atom. The van der Waals surface area contributed by atoms with Crippen molar-refractivity contribution in [2.45, 2.75) is 40.8 Å². The number of rotatable bonds is 3. The summed E-state index contributed by atoms with van der Waals surface area (Å²) in [7, 11) is 1.66. The molecule has 22 heavy (non-hydrogen) atoms. The van der Waals surface area contributed by atoms with Crippen molar-refractivity contribution in [1.29, 1.82) is 0 Å². The fourth-order valence-electron chi connectivity index (χ4n) is 2.92. The van der Waals surface area contributed by atoms with Crippen molar-refractivity contribution >= 4 is 16.9 Å². The molecule has 0 saturated heterocycles. The van der Waals surface area contributed by atoms with Crippen LogP contribution in [0.4, 0.5) is 0 Å². The molecule has 0 saturated carbocycles. The van der Waals surface area contributed by atoms with Crippen LogP contribution in [0, 0.1) is 12.8 Å². The van der Waals surface area contributed by atoms with Gasteiger partial charge in [0.2, 0.25) is 5.78 Å². The monoisotopic (exact) mass is 303 g/mol. The lowest BCUT2D eigenvalue weighted by atomic mass is 10.2. The van der Waals surface area contributed by atoms with E-state index in [-0.39, 0.29) is 11.2 Å². The van der Waals surface area contributed by atoms with Crippen LogP contribution in [0.3, 0.4) is 0 Å². The number of fused-ring (bicyclic) bond motifs is 3. The molecule has 3 aromatic heterocycles. The summed E-state index contributed by atoms with van der Waals surface area (Å²) in [5.41, 5.74) is 1.34. The van der Waals surface area contributed by atoms with Gasteiger partial charge in [0.25, 0.3) is 5.56 Å². The topological polar surface area (TPSA) is 66.2 Å². The molecule has 3 heterocycles. The van der Waals surface area contributed by atoms with Crippen LogP contribution in [0.15, 0.2) is 15.8 Å². The highest BCUT2D eigenvalue weighted by atomic mass is 16.2. The zero-order chi connectivity index (χ0) is 16.2. The second-order valence-electron chi connectivity index (χ2n) is 6.12. The minimum Gasteiger partial charge on any atom is -0.314 e. The third kappa shape index (κ3) is 1.84. The Balaban J connectivity index is 2.50. The van der Waals surface area contributed by atoms with Crippen molar-refractivity contribution in [3.8, 4) is 0 Å². The molecule has 0 atom stereocenters. The molecule has 0 aliphatic carbocycles. The first-order valence-electron chi connectivity index (χ1n) is 7.54. The van der Waals surface area contributed by atoms with E-state index in [1.54, 1.807) is 18.4 Å². The predicted molar refractivity (Wildman–Crippen MR) is 85.4 cm³/mol. The van der Waals surface area contributed by atoms with Gasteiger partial charge >= 0.3 is 5.69 Å². The second kappa shape index (κ2) is 4.86. The molecule has 0 aliphatic rings. The Morgan fingerprint density at radius 3 is 2.50 bits per heavy atom. The maximum Gasteiger partial charge on any atom is 0.332 e. The first-order valence-corrected chi connectivity index (χ1v) is 7.54. The molecule has 3 aromatic rings. The highest BCUT2D eigenvalue weighted by Crippen LogP contribution is 2.17. The lowest BCUT2D eigenvalue weighted by molar-refractivity contribution is 0.524. The third-order valence-corrected chi connectivity index (χ3v) is 4.00. The van der Waals surface area contributed by atoms with Crippen molar-refractivity contribution in [1.82, 2.24) is 23.1 Å². The van der Waals surface area contributed by atoms with Gasteiger partial charge in [-0.25, -0.2) is 4.79 Å². The van der Waals surface area contributed by atoms with Gasteiger partial charge in [-0.2, -0.15) is 4.98 Å². The molecular formula is C15H21N5O2. The Kier molecular flexibility index (Phi) is 3.23. The summed E-state index contributed by atoms with van der Waals surface area (Å²) in [5.74, 6) is 1.17. The highest BCUT2D eigenvalue weighted by Gasteiger charge is 2.19. The minimum atomic E-state index is -0.326. The normalized spacial score (nSPS) is 12.1. The van der Waals surface area contributed by atoms with Crippen molar-refractivity contribution in [3.63, 3.8) is 0 Å². The molecule has 0 N–H and O–H groups in total. The van der Waals surface area contributed by atoms with Gasteiger partial charge < -0.3 is 4.57 Å². The van der Waals surface area contributed by atoms with Crippen LogP contribution >= 0.6 is 0 Å². The van der Waals surface area contributed by atoms with Gasteiger partial charge in [0.05, 0.1) is 0 Å². The first-order chi connectivity index (χ1) is 10.4. The largest absolute Gasteiger partial charge is 0.332 e. The molecule has 118 valence electrons. The van der Waals surface area contributed by atoms with Gasteiger partial charge in [-0.1, -0.05) is 13.8 Å². The summed E-state index contributed by atoms with van der Waals surface area (Å²) in [6.45, 7) is 9.24. The summed E-state index contributed by atoms with van der Waals surface area (Å²) in [4.78, 5) is 29.4. The molecule has 0 aromatic carbocycles. The van der Waals surface area contributed by atoms with Crippen molar-refractivity contribution < 1.29 is 0 Å². The van der Waals surface area contributed by atoms with Gasteiger partial charge in [0.1, 0.15) is 0 Å². The summed E-state index contributed by atoms with van der Waals surface area (Å²) >= 11 is 0. The van der Waals surface area contributed by atoms with Gasteiger partial charge in [-0.3, -0.25) is 18.3 Å². The van der Waals surface area contributed by atoms with Crippen LogP contribution in [0.5, 0.6) is 0 Å². The number of nitrogens with zero attached hydrogens (tertiary/aromatic N) is 5. The molecule has 0 amide bonds. The predicted octanol–water partition coefficient (Wildman–Crippen LogP) is 1.13. The van der Waals surface area contributed by atoms with Crippen LogP contribution in [0.1, 0.15) is 26.5 Å². The molecule has 3 rings (SSSR count). The summed E-state index contributed by atoms with van der Waals surface area (Å²) in [6, 6.07) is 0. The van der Waals surface area contributed by atoms with E-state index in [4.69, 9.17) is 0 Å². The number of hydrogen-bond acceptors (Lipinski definition) is 3. The van der Waals surface area contributed by atoms with Gasteiger partial charge in [-0.15, -0.1) is 0 Å². The van der Waals surface area contributed by atoms with Crippen LogP contribution in [-0.4, -0.2) is 23.1 Å². The Hall–Kier alpha value is -2.31. The molecule has 7 nitrogen and oxygen atoms in total. The van der Waals surface area contributed by atoms with E-state index in [9.17, 15) is 9.59 Å². The fourth-order valence-corrected chi connectivity index (χ4v) is 2.92. The van der Waals surface area contributed by atoms with E-state index in [2.05, 4.69) is 23.4 Å². The van der Waals surface area contributed by atoms with E-state index >= 15 is 0 Å². The fraction of sp³-hybridized carbons (Fsp3) is 0.533. The van der Waals surface area contributed by atoms with Crippen LogP contribution < -0.4 is 11.2 Å². The highest BCUT2D eigenvalue weighted by molar-refractivity contribution is 5.75. The van der Waals surface area contributed by atoms with Crippen molar-refractivity contribution in [2.75, 3.05) is 0 Å². The number of aryl methyl sites for hydroxylation is 2. The Labute approximate surface area is 127 Å². The van der Waals surface area contributed by atoms with E-state index in [0.717, 1.165) is 12.2 Å². The van der Waals surface area contributed by atoms with E-state index in [0.29, 0.717) is 29.4 Å². The quantitative estimate of drug-likeness (QED) is 0.728. The standard InChI is InChI=1S/C15H21N5O2/c1-6-18-13(21)11-12(17(5)15(18)22)16-14-19(7-9(2)3)10(4)8-20(11)14/h8-9H,6-7H2,1-5H3. The van der Waals surface area contributed by atoms with Crippen LogP contribution in [0.2, 0.25) is 0 Å². The maximum absolute atomic E-state index is 12.6. The lowest BCUT2D eigenvalue weighted by Crippen LogP contribution is -2.38. The molecule has 7 heteroatoms. The third-order valence-electron chi connectivity index (χ3n) is 4.00. The average molecular weight is 303 g/mol. The molecule has 0 bridgehead atoms.